The first-order valence-corrected chi connectivity index (χ1v) is 2.79. The van der Waals surface area contributed by atoms with Crippen LogP contribution in [0.2, 0.25) is 0 Å². The predicted molar refractivity (Wildman–Crippen MR) is 35.2 cm³/mol. The van der Waals surface area contributed by atoms with Gasteiger partial charge in [-0.1, -0.05) is 6.08 Å². The van der Waals surface area contributed by atoms with E-state index >= 15 is 0 Å². The SMILES string of the molecule is O=C=C1CC=CC(O)=C1O. The van der Waals surface area contributed by atoms with Crippen molar-refractivity contribution in [2.45, 2.75) is 6.42 Å². The van der Waals surface area contributed by atoms with Gasteiger partial charge >= 0.3 is 0 Å². The average Bonchev–Trinajstić information content (AvgIpc) is 1.95. The van der Waals surface area contributed by atoms with Crippen LogP contribution in [0, 0.1) is 0 Å². The average molecular weight is 138 g/mol. The van der Waals surface area contributed by atoms with Gasteiger partial charge in [-0.15, -0.1) is 0 Å². The van der Waals surface area contributed by atoms with Crippen LogP contribution in [-0.4, -0.2) is 16.2 Å². The highest BCUT2D eigenvalue weighted by Crippen LogP contribution is 2.17. The van der Waals surface area contributed by atoms with Crippen LogP contribution >= 0.6 is 0 Å². The zero-order valence-electron chi connectivity index (χ0n) is 5.16. The molecule has 10 heavy (non-hydrogen) atoms. The van der Waals surface area contributed by atoms with Crippen molar-refractivity contribution in [1.82, 2.24) is 0 Å². The lowest BCUT2D eigenvalue weighted by molar-refractivity contribution is 0.342. The van der Waals surface area contributed by atoms with Crippen molar-refractivity contribution in [3.63, 3.8) is 0 Å². The third kappa shape index (κ3) is 0.946. The second-order valence-electron chi connectivity index (χ2n) is 1.92. The van der Waals surface area contributed by atoms with Crippen molar-refractivity contribution in [3.8, 4) is 0 Å². The minimum absolute atomic E-state index is 0.0972. The maximum Gasteiger partial charge on any atom is 0.172 e. The molecule has 0 aromatic carbocycles. The smallest absolute Gasteiger partial charge is 0.172 e. The molecule has 2 N–H and O–H groups in total. The molecule has 0 amide bonds. The summed E-state index contributed by atoms with van der Waals surface area (Å²) in [6, 6.07) is 0. The third-order valence-corrected chi connectivity index (χ3v) is 1.25. The minimum Gasteiger partial charge on any atom is -0.504 e. The summed E-state index contributed by atoms with van der Waals surface area (Å²) >= 11 is 0. The normalized spacial score (nSPS) is 17.4. The number of hydrogen-bond acceptors (Lipinski definition) is 3. The Morgan fingerprint density at radius 2 is 2.20 bits per heavy atom. The Labute approximate surface area is 57.6 Å². The molecule has 1 aliphatic rings. The lowest BCUT2D eigenvalue weighted by Gasteiger charge is -2.04. The zero-order valence-corrected chi connectivity index (χ0v) is 5.16. The van der Waals surface area contributed by atoms with E-state index in [-0.39, 0.29) is 17.1 Å². The molecule has 0 saturated carbocycles. The Morgan fingerprint density at radius 3 is 2.70 bits per heavy atom. The van der Waals surface area contributed by atoms with E-state index in [1.54, 1.807) is 6.08 Å². The maximum absolute atomic E-state index is 10.0. The Bertz CT molecular complexity index is 254. The molecule has 0 spiro atoms. The highest BCUT2D eigenvalue weighted by molar-refractivity contribution is 5.61. The molecule has 0 unspecified atom stereocenters. The Balaban J connectivity index is 3.10. The van der Waals surface area contributed by atoms with Gasteiger partial charge in [-0.25, -0.2) is 4.79 Å². The summed E-state index contributed by atoms with van der Waals surface area (Å²) in [5.41, 5.74) is 0.0972. The molecule has 1 aliphatic carbocycles. The standard InChI is InChI=1S/C7H6O3/c8-4-5-2-1-3-6(9)7(5)10/h1,3,9-10H,2H2. The zero-order chi connectivity index (χ0) is 7.56. The molecule has 52 valence electrons. The van der Waals surface area contributed by atoms with E-state index in [1.807, 2.05) is 0 Å². The molecule has 1 rings (SSSR count). The number of hydrogen-bond donors (Lipinski definition) is 2. The molecule has 0 atom stereocenters. The predicted octanol–water partition coefficient (Wildman–Crippen LogP) is 1.03. The van der Waals surface area contributed by atoms with E-state index in [0.29, 0.717) is 6.42 Å². The monoisotopic (exact) mass is 138 g/mol. The second-order valence-corrected chi connectivity index (χ2v) is 1.92. The van der Waals surface area contributed by atoms with Crippen LogP contribution in [0.25, 0.3) is 0 Å². The molecule has 0 aromatic rings. The molecule has 0 aliphatic heterocycles. The summed E-state index contributed by atoms with van der Waals surface area (Å²) in [6.07, 6.45) is 3.25. The van der Waals surface area contributed by atoms with Crippen molar-refractivity contribution >= 4 is 5.94 Å². The molecule has 3 nitrogen and oxygen atoms in total. The quantitative estimate of drug-likeness (QED) is 0.491. The molecular formula is C7H6O3. The van der Waals surface area contributed by atoms with E-state index < -0.39 is 0 Å². The molecule has 3 heteroatoms. The largest absolute Gasteiger partial charge is 0.504 e. The van der Waals surface area contributed by atoms with Crippen LogP contribution in [0.15, 0.2) is 29.2 Å². The molecule has 0 radical (unpaired) electrons. The summed E-state index contributed by atoms with van der Waals surface area (Å²) < 4.78 is 0. The van der Waals surface area contributed by atoms with Gasteiger partial charge in [0.05, 0.1) is 5.57 Å². The first-order chi connectivity index (χ1) is 4.75. The van der Waals surface area contributed by atoms with Crippen molar-refractivity contribution in [3.05, 3.63) is 29.2 Å². The highest BCUT2D eigenvalue weighted by atomic mass is 16.3. The van der Waals surface area contributed by atoms with Crippen LogP contribution in [0.4, 0.5) is 0 Å². The topological polar surface area (TPSA) is 57.5 Å². The maximum atomic E-state index is 10.0. The van der Waals surface area contributed by atoms with Gasteiger partial charge in [0.15, 0.2) is 11.5 Å². The van der Waals surface area contributed by atoms with E-state index in [0.717, 1.165) is 0 Å². The van der Waals surface area contributed by atoms with Crippen LogP contribution < -0.4 is 0 Å². The molecule has 0 bridgehead atoms. The lowest BCUT2D eigenvalue weighted by Crippen LogP contribution is -1.97. The molecule has 0 heterocycles. The minimum atomic E-state index is -0.363. The Hall–Kier alpha value is -1.47. The number of aliphatic hydroxyl groups excluding tert-OH is 2. The Morgan fingerprint density at radius 1 is 1.50 bits per heavy atom. The summed E-state index contributed by atoms with van der Waals surface area (Å²) in [7, 11) is 0. The summed E-state index contributed by atoms with van der Waals surface area (Å²) in [5.74, 6) is 0.895. The van der Waals surface area contributed by atoms with E-state index in [2.05, 4.69) is 0 Å². The van der Waals surface area contributed by atoms with Gasteiger partial charge in [-0.2, -0.15) is 0 Å². The van der Waals surface area contributed by atoms with Gasteiger partial charge in [-0.05, 0) is 6.08 Å². The third-order valence-electron chi connectivity index (χ3n) is 1.25. The van der Waals surface area contributed by atoms with Crippen molar-refractivity contribution < 1.29 is 15.0 Å². The molecule has 0 aromatic heterocycles. The van der Waals surface area contributed by atoms with Gasteiger partial charge in [0.25, 0.3) is 0 Å². The van der Waals surface area contributed by atoms with Gasteiger partial charge in [0.1, 0.15) is 5.94 Å². The summed E-state index contributed by atoms with van der Waals surface area (Å²) in [5, 5.41) is 17.7. The van der Waals surface area contributed by atoms with Gasteiger partial charge in [-0.3, -0.25) is 0 Å². The fourth-order valence-corrected chi connectivity index (χ4v) is 0.709. The fraction of sp³-hybridized carbons (Fsp3) is 0.143. The van der Waals surface area contributed by atoms with E-state index in [9.17, 15) is 4.79 Å². The Kier molecular flexibility index (Phi) is 1.61. The van der Waals surface area contributed by atoms with Crippen molar-refractivity contribution in [2.75, 3.05) is 0 Å². The number of carbonyl (C=O) groups excluding carboxylic acids is 1. The lowest BCUT2D eigenvalue weighted by atomic mass is 10.1. The summed E-state index contributed by atoms with van der Waals surface area (Å²) in [4.78, 5) is 10.0. The first-order valence-electron chi connectivity index (χ1n) is 2.79. The van der Waals surface area contributed by atoms with E-state index in [1.165, 1.54) is 12.0 Å². The highest BCUT2D eigenvalue weighted by Gasteiger charge is 2.11. The van der Waals surface area contributed by atoms with Crippen LogP contribution in [0.3, 0.4) is 0 Å². The number of rotatable bonds is 0. The second kappa shape index (κ2) is 2.42. The fourth-order valence-electron chi connectivity index (χ4n) is 0.709. The van der Waals surface area contributed by atoms with Crippen molar-refractivity contribution in [2.24, 2.45) is 0 Å². The first kappa shape index (κ1) is 6.65. The van der Waals surface area contributed by atoms with Crippen LogP contribution in [0.5, 0.6) is 0 Å². The van der Waals surface area contributed by atoms with E-state index in [4.69, 9.17) is 10.2 Å². The van der Waals surface area contributed by atoms with Gasteiger partial charge < -0.3 is 10.2 Å². The number of allylic oxidation sites excluding steroid dienone is 3. The van der Waals surface area contributed by atoms with Crippen LogP contribution in [0.1, 0.15) is 6.42 Å². The number of aliphatic hydroxyl groups is 2. The van der Waals surface area contributed by atoms with Gasteiger partial charge in [0.2, 0.25) is 0 Å². The van der Waals surface area contributed by atoms with Crippen LogP contribution in [-0.2, 0) is 4.79 Å². The molecule has 0 fully saturated rings. The molecular weight excluding hydrogens is 132 g/mol. The molecule has 0 saturated heterocycles. The summed E-state index contributed by atoms with van der Waals surface area (Å²) in [6.45, 7) is 0. The van der Waals surface area contributed by atoms with Crippen molar-refractivity contribution in [1.29, 1.82) is 0 Å². The van der Waals surface area contributed by atoms with Gasteiger partial charge in [0, 0.05) is 6.42 Å².